The molecule has 0 spiro atoms. The van der Waals surface area contributed by atoms with E-state index in [0.717, 1.165) is 19.3 Å². The Labute approximate surface area is 230 Å². The van der Waals surface area contributed by atoms with Crippen molar-refractivity contribution in [2.45, 2.75) is 127 Å². The van der Waals surface area contributed by atoms with Gasteiger partial charge in [-0.05, 0) is 12.5 Å². The molecule has 1 heterocycles. The zero-order chi connectivity index (χ0) is 28.7. The van der Waals surface area contributed by atoms with E-state index >= 15 is 0 Å². The van der Waals surface area contributed by atoms with Gasteiger partial charge in [-0.15, -0.1) is 0 Å². The number of hydrogen-bond donors (Lipinski definition) is 5. The van der Waals surface area contributed by atoms with Gasteiger partial charge < -0.3 is 30.3 Å². The molecule has 0 amide bonds. The van der Waals surface area contributed by atoms with Gasteiger partial charge in [-0.1, -0.05) is 102 Å². The van der Waals surface area contributed by atoms with Crippen LogP contribution >= 0.6 is 0 Å². The van der Waals surface area contributed by atoms with Crippen LogP contribution in [-0.2, 0) is 25.1 Å². The van der Waals surface area contributed by atoms with Crippen LogP contribution in [0.1, 0.15) is 113 Å². The van der Waals surface area contributed by atoms with Crippen molar-refractivity contribution in [1.82, 2.24) is 0 Å². The minimum Gasteiger partial charge on any atom is -0.394 e. The highest BCUT2D eigenvalue weighted by Crippen LogP contribution is 2.38. The molecule has 10 heteroatoms. The Morgan fingerprint density at radius 2 is 1.36 bits per heavy atom. The Morgan fingerprint density at radius 1 is 0.821 bits per heavy atom. The monoisotopic (exact) mass is 554 g/mol. The van der Waals surface area contributed by atoms with Crippen molar-refractivity contribution in [2.24, 2.45) is 0 Å². The first-order chi connectivity index (χ1) is 18.8. The maximum Gasteiger partial charge on any atom is 0.386 e. The van der Waals surface area contributed by atoms with E-state index in [1.165, 1.54) is 82.1 Å². The molecule has 0 saturated carbocycles. The molecule has 5 atom stereocenters. The molecule has 1 aliphatic heterocycles. The van der Waals surface area contributed by atoms with Crippen LogP contribution in [0.2, 0.25) is 0 Å². The molecule has 1 aliphatic rings. The number of rotatable bonds is 17. The molecular formula is C29H46O10. The minimum atomic E-state index is -2.65. The Hall–Kier alpha value is -2.08. The smallest absolute Gasteiger partial charge is 0.386 e. The SMILES string of the molecule is CCCCCCCCCCCCCCCC(=O)OOC(=O)c1ccccc1C1(O)O[C@H](CO)[C@@H](O)[C@H](O)[C@H]1O. The Morgan fingerprint density at radius 3 is 1.92 bits per heavy atom. The van der Waals surface area contributed by atoms with E-state index in [1.807, 2.05) is 0 Å². The summed E-state index contributed by atoms with van der Waals surface area (Å²) in [5.74, 6) is -4.49. The van der Waals surface area contributed by atoms with Crippen molar-refractivity contribution < 1.29 is 49.6 Å². The molecule has 5 N–H and O–H groups in total. The number of benzene rings is 1. The van der Waals surface area contributed by atoms with Gasteiger partial charge in [-0.3, -0.25) is 0 Å². The predicted octanol–water partition coefficient (Wildman–Crippen LogP) is 3.40. The number of aliphatic hydroxyl groups is 5. The lowest BCUT2D eigenvalue weighted by molar-refractivity contribution is -0.358. The van der Waals surface area contributed by atoms with E-state index in [9.17, 15) is 35.1 Å². The molecule has 222 valence electrons. The quantitative estimate of drug-likeness (QED) is 0.110. The van der Waals surface area contributed by atoms with Gasteiger partial charge >= 0.3 is 11.9 Å². The van der Waals surface area contributed by atoms with Crippen LogP contribution in [0.25, 0.3) is 0 Å². The number of hydrogen-bond acceptors (Lipinski definition) is 10. The molecule has 2 rings (SSSR count). The second kappa shape index (κ2) is 17.6. The first-order valence-electron chi connectivity index (χ1n) is 14.3. The van der Waals surface area contributed by atoms with E-state index in [2.05, 4.69) is 16.7 Å². The van der Waals surface area contributed by atoms with E-state index in [1.54, 1.807) is 0 Å². The molecule has 1 aromatic rings. The summed E-state index contributed by atoms with van der Waals surface area (Å²) < 4.78 is 5.28. The van der Waals surface area contributed by atoms with Gasteiger partial charge in [0, 0.05) is 5.56 Å². The first-order valence-corrected chi connectivity index (χ1v) is 14.3. The lowest BCUT2D eigenvalue weighted by Gasteiger charge is -2.45. The lowest BCUT2D eigenvalue weighted by Crippen LogP contribution is -2.63. The third-order valence-corrected chi connectivity index (χ3v) is 7.19. The number of unbranched alkanes of at least 4 members (excludes halogenated alkanes) is 12. The molecule has 0 aromatic heterocycles. The normalized spacial score (nSPS) is 24.9. The van der Waals surface area contributed by atoms with Crippen LogP contribution in [-0.4, -0.2) is 68.5 Å². The highest BCUT2D eigenvalue weighted by Gasteiger charge is 2.54. The summed E-state index contributed by atoms with van der Waals surface area (Å²) >= 11 is 0. The average Bonchev–Trinajstić information content (AvgIpc) is 2.95. The number of carbonyl (C=O) groups is 2. The second-order valence-corrected chi connectivity index (χ2v) is 10.3. The summed E-state index contributed by atoms with van der Waals surface area (Å²) in [7, 11) is 0. The largest absolute Gasteiger partial charge is 0.394 e. The van der Waals surface area contributed by atoms with Gasteiger partial charge in [0.1, 0.15) is 24.4 Å². The van der Waals surface area contributed by atoms with Crippen LogP contribution in [0.4, 0.5) is 0 Å². The molecular weight excluding hydrogens is 508 g/mol. The molecule has 0 aliphatic carbocycles. The Balaban J connectivity index is 1.71. The molecule has 0 radical (unpaired) electrons. The van der Waals surface area contributed by atoms with Crippen molar-refractivity contribution in [1.29, 1.82) is 0 Å². The van der Waals surface area contributed by atoms with Crippen LogP contribution < -0.4 is 0 Å². The summed E-state index contributed by atoms with van der Waals surface area (Å²) in [6.45, 7) is 1.46. The molecule has 1 fully saturated rings. The molecule has 1 unspecified atom stereocenters. The second-order valence-electron chi connectivity index (χ2n) is 10.3. The zero-order valence-corrected chi connectivity index (χ0v) is 23.0. The van der Waals surface area contributed by atoms with Crippen molar-refractivity contribution in [3.63, 3.8) is 0 Å². The minimum absolute atomic E-state index is 0.0840. The Bertz CT molecular complexity index is 860. The third-order valence-electron chi connectivity index (χ3n) is 7.19. The predicted molar refractivity (Wildman–Crippen MR) is 142 cm³/mol. The molecule has 1 saturated heterocycles. The molecule has 1 aromatic carbocycles. The highest BCUT2D eigenvalue weighted by molar-refractivity contribution is 5.91. The fraction of sp³-hybridized carbons (Fsp3) is 0.724. The van der Waals surface area contributed by atoms with Crippen molar-refractivity contribution >= 4 is 11.9 Å². The summed E-state index contributed by atoms with van der Waals surface area (Å²) in [6, 6.07) is 5.38. The van der Waals surface area contributed by atoms with E-state index in [0.29, 0.717) is 6.42 Å². The van der Waals surface area contributed by atoms with E-state index < -0.39 is 48.7 Å². The van der Waals surface area contributed by atoms with Gasteiger partial charge in [0.15, 0.2) is 0 Å². The number of carbonyl (C=O) groups excluding carboxylic acids is 2. The van der Waals surface area contributed by atoms with E-state index in [4.69, 9.17) is 4.74 Å². The number of ether oxygens (including phenoxy) is 1. The highest BCUT2D eigenvalue weighted by atomic mass is 17.2. The standard InChI is InChI=1S/C29H46O10/c1-2-3-4-5-6-7-8-9-10-11-12-13-14-19-24(31)38-39-28(35)21-17-15-16-18-22(21)29(36)27(34)26(33)25(32)23(20-30)37-29/h15-18,23,25-27,30,32-34,36H,2-14,19-20H2,1H3/t23-,25-,26+,27-,29?/m1/s1. The molecule has 39 heavy (non-hydrogen) atoms. The molecule has 10 nitrogen and oxygen atoms in total. The van der Waals surface area contributed by atoms with Crippen molar-refractivity contribution in [3.05, 3.63) is 35.4 Å². The maximum atomic E-state index is 12.6. The van der Waals surface area contributed by atoms with Gasteiger partial charge in [0.25, 0.3) is 0 Å². The van der Waals surface area contributed by atoms with E-state index in [-0.39, 0.29) is 17.5 Å². The first kappa shape index (κ1) is 33.1. The van der Waals surface area contributed by atoms with Gasteiger partial charge in [0.05, 0.1) is 18.6 Å². The average molecular weight is 555 g/mol. The van der Waals surface area contributed by atoms with Crippen molar-refractivity contribution in [3.8, 4) is 0 Å². The summed E-state index contributed by atoms with van der Waals surface area (Å²) in [5, 5.41) is 50.9. The molecule has 0 bridgehead atoms. The fourth-order valence-electron chi connectivity index (χ4n) is 4.81. The maximum absolute atomic E-state index is 12.6. The summed E-state index contributed by atoms with van der Waals surface area (Å²) in [6.07, 6.45) is 8.30. The zero-order valence-electron chi connectivity index (χ0n) is 23.0. The fourth-order valence-corrected chi connectivity index (χ4v) is 4.81. The van der Waals surface area contributed by atoms with Crippen LogP contribution in [0.3, 0.4) is 0 Å². The van der Waals surface area contributed by atoms with Gasteiger partial charge in [0.2, 0.25) is 5.79 Å². The van der Waals surface area contributed by atoms with Gasteiger partial charge in [-0.2, -0.15) is 0 Å². The van der Waals surface area contributed by atoms with Crippen LogP contribution in [0, 0.1) is 0 Å². The summed E-state index contributed by atoms with van der Waals surface area (Å²) in [4.78, 5) is 34.0. The summed E-state index contributed by atoms with van der Waals surface area (Å²) in [5.41, 5.74) is -0.590. The van der Waals surface area contributed by atoms with Crippen LogP contribution in [0.15, 0.2) is 24.3 Å². The topological polar surface area (TPSA) is 163 Å². The Kier molecular flexibility index (Phi) is 14.9. The lowest BCUT2D eigenvalue weighted by atomic mass is 9.86. The van der Waals surface area contributed by atoms with Crippen molar-refractivity contribution in [2.75, 3.05) is 6.61 Å². The third kappa shape index (κ3) is 10.1. The van der Waals surface area contributed by atoms with Gasteiger partial charge in [-0.25, -0.2) is 19.4 Å². The number of aliphatic hydroxyl groups excluding tert-OH is 4. The van der Waals surface area contributed by atoms with Crippen LogP contribution in [0.5, 0.6) is 0 Å².